The Morgan fingerprint density at radius 3 is 2.72 bits per heavy atom. The molecule has 18 heavy (non-hydrogen) atoms. The standard InChI is InChI=1S/C14H15N3O/c1-10(2)17-14(6-7-16-17)13-8-12(18-3)5-4-11(13)9-15/h4-8,10H,1-3H3. The lowest BCUT2D eigenvalue weighted by Crippen LogP contribution is -2.05. The van der Waals surface area contributed by atoms with Crippen LogP contribution in [-0.2, 0) is 0 Å². The second-order valence-electron chi connectivity index (χ2n) is 4.28. The fraction of sp³-hybridized carbons (Fsp3) is 0.286. The zero-order chi connectivity index (χ0) is 13.1. The lowest BCUT2D eigenvalue weighted by atomic mass is 10.0. The number of ether oxygens (including phenoxy) is 1. The van der Waals surface area contributed by atoms with Crippen molar-refractivity contribution in [1.82, 2.24) is 9.78 Å². The van der Waals surface area contributed by atoms with Gasteiger partial charge in [-0.25, -0.2) is 0 Å². The van der Waals surface area contributed by atoms with Crippen LogP contribution in [0.5, 0.6) is 5.75 Å². The first kappa shape index (κ1) is 12.2. The van der Waals surface area contributed by atoms with E-state index in [0.29, 0.717) is 5.56 Å². The van der Waals surface area contributed by atoms with Crippen molar-refractivity contribution < 1.29 is 4.74 Å². The summed E-state index contributed by atoms with van der Waals surface area (Å²) in [6.45, 7) is 4.12. The SMILES string of the molecule is COc1ccc(C#N)c(-c2ccnn2C(C)C)c1. The van der Waals surface area contributed by atoms with Crippen molar-refractivity contribution in [2.45, 2.75) is 19.9 Å². The molecule has 0 unspecified atom stereocenters. The van der Waals surface area contributed by atoms with E-state index in [4.69, 9.17) is 4.74 Å². The monoisotopic (exact) mass is 241 g/mol. The summed E-state index contributed by atoms with van der Waals surface area (Å²) in [6, 6.07) is 9.79. The molecule has 2 rings (SSSR count). The summed E-state index contributed by atoms with van der Waals surface area (Å²) in [7, 11) is 1.62. The van der Waals surface area contributed by atoms with Gasteiger partial charge < -0.3 is 4.74 Å². The Balaban J connectivity index is 2.62. The fourth-order valence-electron chi connectivity index (χ4n) is 1.90. The molecule has 0 spiro atoms. The minimum absolute atomic E-state index is 0.243. The first-order valence-corrected chi connectivity index (χ1v) is 5.79. The second kappa shape index (κ2) is 4.92. The topological polar surface area (TPSA) is 50.8 Å². The zero-order valence-electron chi connectivity index (χ0n) is 10.7. The number of nitrogens with zero attached hydrogens (tertiary/aromatic N) is 3. The minimum Gasteiger partial charge on any atom is -0.497 e. The van der Waals surface area contributed by atoms with Crippen LogP contribution >= 0.6 is 0 Å². The number of rotatable bonds is 3. The lowest BCUT2D eigenvalue weighted by molar-refractivity contribution is 0.415. The molecule has 0 aliphatic carbocycles. The van der Waals surface area contributed by atoms with Gasteiger partial charge in [-0.1, -0.05) is 0 Å². The zero-order valence-corrected chi connectivity index (χ0v) is 10.7. The van der Waals surface area contributed by atoms with Crippen molar-refractivity contribution >= 4 is 0 Å². The van der Waals surface area contributed by atoms with Gasteiger partial charge in [0.1, 0.15) is 5.75 Å². The molecular weight excluding hydrogens is 226 g/mol. The summed E-state index contributed by atoms with van der Waals surface area (Å²) in [6.07, 6.45) is 1.75. The maximum absolute atomic E-state index is 9.19. The normalized spacial score (nSPS) is 10.4. The van der Waals surface area contributed by atoms with Crippen LogP contribution in [0.2, 0.25) is 0 Å². The number of nitriles is 1. The number of hydrogen-bond acceptors (Lipinski definition) is 3. The van der Waals surface area contributed by atoms with Crippen LogP contribution in [0, 0.1) is 11.3 Å². The molecule has 0 atom stereocenters. The van der Waals surface area contributed by atoms with Crippen LogP contribution in [0.1, 0.15) is 25.5 Å². The van der Waals surface area contributed by atoms with E-state index < -0.39 is 0 Å². The highest BCUT2D eigenvalue weighted by molar-refractivity contribution is 5.69. The van der Waals surface area contributed by atoms with Gasteiger partial charge in [0.05, 0.1) is 24.4 Å². The van der Waals surface area contributed by atoms with E-state index in [-0.39, 0.29) is 6.04 Å². The molecule has 1 heterocycles. The highest BCUT2D eigenvalue weighted by atomic mass is 16.5. The Morgan fingerprint density at radius 1 is 1.33 bits per heavy atom. The number of methoxy groups -OCH3 is 1. The summed E-state index contributed by atoms with van der Waals surface area (Å²) in [5, 5.41) is 13.5. The van der Waals surface area contributed by atoms with Gasteiger partial charge in [-0.15, -0.1) is 0 Å². The average molecular weight is 241 g/mol. The van der Waals surface area contributed by atoms with E-state index in [1.165, 1.54) is 0 Å². The summed E-state index contributed by atoms with van der Waals surface area (Å²) < 4.78 is 7.11. The summed E-state index contributed by atoms with van der Waals surface area (Å²) in [5.41, 5.74) is 2.40. The predicted molar refractivity (Wildman–Crippen MR) is 69.3 cm³/mol. The largest absolute Gasteiger partial charge is 0.497 e. The van der Waals surface area contributed by atoms with Crippen LogP contribution in [0.15, 0.2) is 30.5 Å². The molecule has 0 radical (unpaired) electrons. The van der Waals surface area contributed by atoms with Gasteiger partial charge in [0.15, 0.2) is 0 Å². The Morgan fingerprint density at radius 2 is 2.11 bits per heavy atom. The van der Waals surface area contributed by atoms with Crippen molar-refractivity contribution in [3.05, 3.63) is 36.0 Å². The van der Waals surface area contributed by atoms with E-state index in [9.17, 15) is 5.26 Å². The molecule has 92 valence electrons. The molecule has 1 aromatic heterocycles. The van der Waals surface area contributed by atoms with E-state index in [1.54, 1.807) is 25.4 Å². The first-order valence-electron chi connectivity index (χ1n) is 5.79. The van der Waals surface area contributed by atoms with Crippen molar-refractivity contribution in [2.75, 3.05) is 7.11 Å². The van der Waals surface area contributed by atoms with Gasteiger partial charge in [-0.2, -0.15) is 10.4 Å². The fourth-order valence-corrected chi connectivity index (χ4v) is 1.90. The first-order chi connectivity index (χ1) is 8.67. The third-order valence-corrected chi connectivity index (χ3v) is 2.78. The number of hydrogen-bond donors (Lipinski definition) is 0. The third kappa shape index (κ3) is 2.07. The summed E-state index contributed by atoms with van der Waals surface area (Å²) in [4.78, 5) is 0. The maximum Gasteiger partial charge on any atom is 0.119 e. The van der Waals surface area contributed by atoms with Gasteiger partial charge in [0.25, 0.3) is 0 Å². The Labute approximate surface area is 106 Å². The Bertz CT molecular complexity index is 593. The van der Waals surface area contributed by atoms with Crippen molar-refractivity contribution in [3.63, 3.8) is 0 Å². The van der Waals surface area contributed by atoms with Crippen molar-refractivity contribution in [2.24, 2.45) is 0 Å². The number of aromatic nitrogens is 2. The molecule has 0 amide bonds. The van der Waals surface area contributed by atoms with Crippen molar-refractivity contribution in [1.29, 1.82) is 5.26 Å². The molecule has 4 nitrogen and oxygen atoms in total. The molecule has 0 aliphatic heterocycles. The van der Waals surface area contributed by atoms with E-state index in [0.717, 1.165) is 17.0 Å². The molecule has 0 saturated heterocycles. The van der Waals surface area contributed by atoms with E-state index in [2.05, 4.69) is 25.0 Å². The van der Waals surface area contributed by atoms with Crippen LogP contribution in [0.25, 0.3) is 11.3 Å². The molecule has 0 aliphatic rings. The second-order valence-corrected chi connectivity index (χ2v) is 4.28. The third-order valence-electron chi connectivity index (χ3n) is 2.78. The van der Waals surface area contributed by atoms with Crippen LogP contribution < -0.4 is 4.74 Å². The highest BCUT2D eigenvalue weighted by Gasteiger charge is 2.13. The minimum atomic E-state index is 0.243. The number of benzene rings is 1. The van der Waals surface area contributed by atoms with Gasteiger partial charge in [-0.3, -0.25) is 4.68 Å². The van der Waals surface area contributed by atoms with Gasteiger partial charge in [-0.05, 0) is 38.1 Å². The average Bonchev–Trinajstić information content (AvgIpc) is 2.87. The molecule has 0 saturated carbocycles. The highest BCUT2D eigenvalue weighted by Crippen LogP contribution is 2.28. The van der Waals surface area contributed by atoms with Gasteiger partial charge >= 0.3 is 0 Å². The van der Waals surface area contributed by atoms with Gasteiger partial charge in [0, 0.05) is 17.8 Å². The molecule has 0 bridgehead atoms. The molecular formula is C14H15N3O. The van der Waals surface area contributed by atoms with Gasteiger partial charge in [0.2, 0.25) is 0 Å². The van der Waals surface area contributed by atoms with Crippen LogP contribution in [0.3, 0.4) is 0 Å². The van der Waals surface area contributed by atoms with E-state index in [1.807, 2.05) is 16.8 Å². The van der Waals surface area contributed by atoms with Crippen LogP contribution in [0.4, 0.5) is 0 Å². The Hall–Kier alpha value is -2.28. The lowest BCUT2D eigenvalue weighted by Gasteiger charge is -2.12. The van der Waals surface area contributed by atoms with Crippen molar-refractivity contribution in [3.8, 4) is 23.1 Å². The summed E-state index contributed by atoms with van der Waals surface area (Å²) >= 11 is 0. The maximum atomic E-state index is 9.19. The molecule has 0 fully saturated rings. The molecule has 1 aromatic carbocycles. The van der Waals surface area contributed by atoms with Crippen LogP contribution in [-0.4, -0.2) is 16.9 Å². The Kier molecular flexibility index (Phi) is 3.33. The molecule has 0 N–H and O–H groups in total. The predicted octanol–water partition coefficient (Wildman–Crippen LogP) is 3.01. The molecule has 2 aromatic rings. The van der Waals surface area contributed by atoms with E-state index >= 15 is 0 Å². The molecule has 4 heteroatoms. The quantitative estimate of drug-likeness (QED) is 0.830. The summed E-state index contributed by atoms with van der Waals surface area (Å²) in [5.74, 6) is 0.737. The smallest absolute Gasteiger partial charge is 0.119 e.